The largest absolute Gasteiger partial charge is 0.348 e. The predicted molar refractivity (Wildman–Crippen MR) is 295 cm³/mol. The highest BCUT2D eigenvalue weighted by Gasteiger charge is 2.39. The number of allylic oxidation sites excluding steroid dienone is 1. The van der Waals surface area contributed by atoms with Crippen molar-refractivity contribution in [1.29, 1.82) is 10.5 Å². The highest BCUT2D eigenvalue weighted by atomic mass is 15.2. The molecule has 14 rings (SSSR count). The van der Waals surface area contributed by atoms with Crippen molar-refractivity contribution in [1.82, 2.24) is 19.0 Å². The molecule has 0 saturated heterocycles. The minimum absolute atomic E-state index is 0.186. The predicted octanol–water partition coefficient (Wildman–Crippen LogP) is 15.1. The Labute approximate surface area is 423 Å². The van der Waals surface area contributed by atoms with Gasteiger partial charge in [-0.25, -0.2) is 0 Å². The number of pyridine rings is 1. The van der Waals surface area contributed by atoms with Crippen molar-refractivity contribution in [2.24, 2.45) is 4.99 Å². The Hall–Kier alpha value is -9.30. The van der Waals surface area contributed by atoms with Gasteiger partial charge in [-0.3, -0.25) is 9.98 Å². The van der Waals surface area contributed by atoms with Crippen molar-refractivity contribution in [3.63, 3.8) is 0 Å². The van der Waals surface area contributed by atoms with Crippen LogP contribution in [0.4, 0.5) is 0 Å². The second-order valence-corrected chi connectivity index (χ2v) is 20.8. The van der Waals surface area contributed by atoms with Gasteiger partial charge in [-0.15, -0.1) is 0 Å². The maximum absolute atomic E-state index is 11.2. The first-order valence-electron chi connectivity index (χ1n) is 24.9. The van der Waals surface area contributed by atoms with Crippen molar-refractivity contribution >= 4 is 55.0 Å². The Morgan fingerprint density at radius 3 is 1.49 bits per heavy atom. The third-order valence-electron chi connectivity index (χ3n) is 16.3. The first-order chi connectivity index (χ1) is 35.6. The minimum atomic E-state index is -0.513. The monoisotopic (exact) mass is 937 g/mol. The maximum atomic E-state index is 11.2. The molecule has 0 N–H and O–H groups in total. The summed E-state index contributed by atoms with van der Waals surface area (Å²) in [6.45, 7) is 9.27. The average Bonchev–Trinajstić information content (AvgIpc) is 4.07. The Kier molecular flexibility index (Phi) is 8.95. The van der Waals surface area contributed by atoms with E-state index in [-0.39, 0.29) is 10.8 Å². The fraction of sp³-hybridized carbons (Fsp3) is 0.121. The Balaban J connectivity index is 1.04. The number of fused-ring (bicyclic) bond motifs is 12. The third-order valence-corrected chi connectivity index (χ3v) is 16.3. The van der Waals surface area contributed by atoms with E-state index in [0.29, 0.717) is 16.8 Å². The van der Waals surface area contributed by atoms with Crippen LogP contribution in [0, 0.1) is 22.7 Å². The second-order valence-electron chi connectivity index (χ2n) is 20.8. The zero-order valence-electron chi connectivity index (χ0n) is 41.1. The fourth-order valence-electron chi connectivity index (χ4n) is 12.8. The minimum Gasteiger partial charge on any atom is -0.348 e. The summed E-state index contributed by atoms with van der Waals surface area (Å²) in [5.41, 5.74) is 20.6. The van der Waals surface area contributed by atoms with Gasteiger partial charge in [0.2, 0.25) is 0 Å². The van der Waals surface area contributed by atoms with Gasteiger partial charge >= 0.3 is 0 Å². The average molecular weight is 938 g/mol. The van der Waals surface area contributed by atoms with Gasteiger partial charge in [0.05, 0.1) is 50.3 Å². The van der Waals surface area contributed by atoms with Crippen LogP contribution in [-0.2, 0) is 10.8 Å². The molecule has 0 amide bonds. The van der Waals surface area contributed by atoms with E-state index in [2.05, 4.69) is 212 Å². The molecule has 4 heterocycles. The quantitative estimate of drug-likeness (QED) is 0.172. The lowest BCUT2D eigenvalue weighted by Gasteiger charge is -2.35. The Morgan fingerprint density at radius 2 is 0.959 bits per heavy atom. The smallest absolute Gasteiger partial charge is 0.149 e. The fourth-order valence-corrected chi connectivity index (χ4v) is 12.8. The normalized spacial score (nSPS) is 15.9. The van der Waals surface area contributed by atoms with Gasteiger partial charge < -0.3 is 14.0 Å². The van der Waals surface area contributed by atoms with E-state index >= 15 is 0 Å². The molecule has 0 fully saturated rings. The molecule has 0 spiro atoms. The molecule has 8 aromatic carbocycles. The zero-order chi connectivity index (χ0) is 49.5. The summed E-state index contributed by atoms with van der Waals surface area (Å²) in [7, 11) is 2.07. The molecule has 3 aromatic heterocycles. The lowest BCUT2D eigenvalue weighted by Crippen LogP contribution is -2.28. The van der Waals surface area contributed by atoms with E-state index < -0.39 is 6.17 Å². The molecule has 7 heteroatoms. The van der Waals surface area contributed by atoms with Crippen molar-refractivity contribution < 1.29 is 0 Å². The number of hydrogen-bond acceptors (Lipinski definition) is 5. The molecule has 73 heavy (non-hydrogen) atoms. The molecule has 0 bridgehead atoms. The molecular weight excluding hydrogens is 891 g/mol. The highest BCUT2D eigenvalue weighted by Crippen LogP contribution is 2.53. The van der Waals surface area contributed by atoms with Crippen LogP contribution in [-0.4, -0.2) is 31.8 Å². The number of para-hydroxylation sites is 4. The third kappa shape index (κ3) is 5.85. The lowest BCUT2D eigenvalue weighted by molar-refractivity contribution is 0.363. The summed E-state index contributed by atoms with van der Waals surface area (Å²) in [4.78, 5) is 12.4. The number of nitrogens with zero attached hydrogens (tertiary/aromatic N) is 7. The van der Waals surface area contributed by atoms with E-state index in [9.17, 15) is 10.5 Å². The summed E-state index contributed by atoms with van der Waals surface area (Å²) in [6.07, 6.45) is 5.31. The second kappa shape index (κ2) is 15.3. The number of benzene rings is 8. The molecule has 0 saturated carbocycles. The standard InChI is InChI=1S/C66H47N7/c1-65(2)52-26-10-6-20-42(52)48-33-60-50(31-54(48)65)44-22-8-12-28-57(44)72(60)62-39(36-67)17-14-24-46(62)56-35-59(71(5)64(70-56)41-19-16-30-69-38-41)47-25-15-18-40(37-68)63(47)73-58-29-13-9-23-45(58)51-32-55-49(34-61(51)73)43-21-7-11-27-53(43)66(55,3)4/h6-35,38,64H,1-5H3. The summed E-state index contributed by atoms with van der Waals surface area (Å²) >= 11 is 0. The van der Waals surface area contributed by atoms with Crippen LogP contribution in [0.3, 0.4) is 0 Å². The van der Waals surface area contributed by atoms with Gasteiger partial charge in [0, 0.05) is 74.2 Å². The number of aliphatic imine (C=N–C) groups is 1. The van der Waals surface area contributed by atoms with E-state index in [1.165, 1.54) is 44.5 Å². The molecule has 0 radical (unpaired) electrons. The molecule has 2 aliphatic carbocycles. The zero-order valence-corrected chi connectivity index (χ0v) is 41.1. The summed E-state index contributed by atoms with van der Waals surface area (Å²) in [5.74, 6) is 0. The topological polar surface area (TPSA) is 85.9 Å². The first-order valence-corrected chi connectivity index (χ1v) is 24.9. The maximum Gasteiger partial charge on any atom is 0.149 e. The molecule has 7 nitrogen and oxygen atoms in total. The van der Waals surface area contributed by atoms with Crippen LogP contribution in [0.1, 0.15) is 83.9 Å². The molecular formula is C66H47N7. The number of aromatic nitrogens is 3. The van der Waals surface area contributed by atoms with Crippen LogP contribution in [0.2, 0.25) is 0 Å². The highest BCUT2D eigenvalue weighted by molar-refractivity contribution is 6.18. The van der Waals surface area contributed by atoms with Crippen molar-refractivity contribution in [2.75, 3.05) is 7.05 Å². The van der Waals surface area contributed by atoms with Crippen LogP contribution in [0.15, 0.2) is 193 Å². The van der Waals surface area contributed by atoms with Gasteiger partial charge in [-0.2, -0.15) is 10.5 Å². The lowest BCUT2D eigenvalue weighted by atomic mass is 9.82. The summed E-state index contributed by atoms with van der Waals surface area (Å²) < 4.78 is 4.60. The van der Waals surface area contributed by atoms with Crippen LogP contribution < -0.4 is 0 Å². The van der Waals surface area contributed by atoms with Crippen molar-refractivity contribution in [3.05, 3.63) is 238 Å². The summed E-state index contributed by atoms with van der Waals surface area (Å²) in [6, 6.07) is 65.3. The number of nitriles is 2. The number of hydrogen-bond donors (Lipinski definition) is 0. The molecule has 11 aromatic rings. The summed E-state index contributed by atoms with van der Waals surface area (Å²) in [5, 5.41) is 26.9. The molecule has 1 aliphatic heterocycles. The van der Waals surface area contributed by atoms with Gasteiger partial charge in [0.15, 0.2) is 0 Å². The van der Waals surface area contributed by atoms with E-state index in [0.717, 1.165) is 77.4 Å². The Morgan fingerprint density at radius 1 is 0.466 bits per heavy atom. The van der Waals surface area contributed by atoms with Crippen molar-refractivity contribution in [3.8, 4) is 45.8 Å². The van der Waals surface area contributed by atoms with Crippen LogP contribution >= 0.6 is 0 Å². The van der Waals surface area contributed by atoms with Gasteiger partial charge in [0.25, 0.3) is 0 Å². The van der Waals surface area contributed by atoms with E-state index in [1.54, 1.807) is 6.20 Å². The van der Waals surface area contributed by atoms with Gasteiger partial charge in [0.1, 0.15) is 18.3 Å². The molecule has 1 atom stereocenters. The van der Waals surface area contributed by atoms with Crippen LogP contribution in [0.25, 0.3) is 82.9 Å². The van der Waals surface area contributed by atoms with Crippen LogP contribution in [0.5, 0.6) is 0 Å². The first kappa shape index (κ1) is 42.6. The molecule has 3 aliphatic rings. The SMILES string of the molecule is CN1C(c2cccc(C#N)c2-n2c3ccccc3c3cc4c(cc32)-c2ccccc2C4(C)C)=CC(c2cccc(C#N)c2-n2c3ccccc3c3cc4c(cc32)-c2ccccc2C4(C)C)=NC1c1cccnc1. The number of rotatable bonds is 5. The molecule has 346 valence electrons. The molecule has 1 unspecified atom stereocenters. The Bertz CT molecular complexity index is 4370. The van der Waals surface area contributed by atoms with E-state index in [4.69, 9.17) is 4.99 Å². The van der Waals surface area contributed by atoms with Gasteiger partial charge in [-0.1, -0.05) is 143 Å². The van der Waals surface area contributed by atoms with Gasteiger partial charge in [-0.05, 0) is 105 Å². The van der Waals surface area contributed by atoms with Crippen molar-refractivity contribution in [2.45, 2.75) is 44.7 Å². The van der Waals surface area contributed by atoms with E-state index in [1.807, 2.05) is 36.5 Å².